The molecule has 2 atom stereocenters. The Morgan fingerprint density at radius 2 is 2.15 bits per heavy atom. The van der Waals surface area contributed by atoms with Crippen LogP contribution in [0.5, 0.6) is 0 Å². The normalized spacial score (nSPS) is 31.6. The zero-order chi connectivity index (χ0) is 14.2. The number of nitrogens with two attached hydrogens (primary N) is 1. The van der Waals surface area contributed by atoms with E-state index in [2.05, 4.69) is 11.4 Å². The van der Waals surface area contributed by atoms with Crippen LogP contribution in [-0.4, -0.2) is 17.0 Å². The number of nitriles is 1. The van der Waals surface area contributed by atoms with Crippen molar-refractivity contribution in [1.29, 1.82) is 5.26 Å². The van der Waals surface area contributed by atoms with Crippen molar-refractivity contribution in [3.8, 4) is 6.07 Å². The predicted octanol–water partition coefficient (Wildman–Crippen LogP) is 2.09. The fraction of sp³-hybridized carbons (Fsp3) is 0.500. The topological polar surface area (TPSA) is 78.9 Å². The smallest absolute Gasteiger partial charge is 0.251 e. The average molecular weight is 269 g/mol. The van der Waals surface area contributed by atoms with Gasteiger partial charge in [-0.2, -0.15) is 5.26 Å². The van der Waals surface area contributed by atoms with Gasteiger partial charge in [-0.25, -0.2) is 0 Å². The van der Waals surface area contributed by atoms with Gasteiger partial charge in [-0.05, 0) is 56.7 Å². The maximum Gasteiger partial charge on any atom is 0.251 e. The van der Waals surface area contributed by atoms with E-state index >= 15 is 0 Å². The fourth-order valence-corrected chi connectivity index (χ4v) is 3.76. The monoisotopic (exact) mass is 269 g/mol. The van der Waals surface area contributed by atoms with Crippen molar-refractivity contribution in [3.05, 3.63) is 35.4 Å². The van der Waals surface area contributed by atoms with Crippen LogP contribution >= 0.6 is 0 Å². The zero-order valence-corrected chi connectivity index (χ0v) is 11.5. The highest BCUT2D eigenvalue weighted by atomic mass is 16.1. The summed E-state index contributed by atoms with van der Waals surface area (Å²) in [5, 5.41) is 12.1. The van der Waals surface area contributed by atoms with Crippen molar-refractivity contribution in [3.63, 3.8) is 0 Å². The Labute approximate surface area is 119 Å². The number of nitrogens with one attached hydrogen (secondary N) is 1. The van der Waals surface area contributed by atoms with Crippen LogP contribution in [0.25, 0.3) is 0 Å². The molecule has 0 saturated heterocycles. The van der Waals surface area contributed by atoms with Crippen molar-refractivity contribution in [2.24, 2.45) is 5.73 Å². The Balaban J connectivity index is 1.78. The molecule has 1 aromatic rings. The van der Waals surface area contributed by atoms with Crippen molar-refractivity contribution in [1.82, 2.24) is 5.32 Å². The van der Waals surface area contributed by atoms with Gasteiger partial charge in [0.2, 0.25) is 0 Å². The standard InChI is InChI=1S/C16H19N3O/c17-10-12-3-1-4-13(9-12)14(20)19-16-6-2-5-15(18,11-16)7-8-16/h1,3-4,9H,2,5-8,11,18H2,(H,19,20). The molecule has 2 aliphatic rings. The molecule has 2 bridgehead atoms. The van der Waals surface area contributed by atoms with E-state index < -0.39 is 0 Å². The number of nitrogens with zero attached hydrogens (tertiary/aromatic N) is 1. The molecule has 0 spiro atoms. The Kier molecular flexibility index (Phi) is 3.02. The first-order valence-corrected chi connectivity index (χ1v) is 7.16. The molecule has 2 aliphatic carbocycles. The second-order valence-corrected chi connectivity index (χ2v) is 6.32. The molecule has 2 fully saturated rings. The van der Waals surface area contributed by atoms with E-state index in [0.29, 0.717) is 11.1 Å². The van der Waals surface area contributed by atoms with Gasteiger partial charge in [-0.1, -0.05) is 6.07 Å². The minimum atomic E-state index is -0.132. The molecule has 4 heteroatoms. The minimum Gasteiger partial charge on any atom is -0.347 e. The molecular formula is C16H19N3O. The van der Waals surface area contributed by atoms with Crippen molar-refractivity contribution in [2.75, 3.05) is 0 Å². The van der Waals surface area contributed by atoms with E-state index in [1.54, 1.807) is 24.3 Å². The molecule has 2 unspecified atom stereocenters. The highest BCUT2D eigenvalue weighted by Crippen LogP contribution is 2.46. The largest absolute Gasteiger partial charge is 0.347 e. The molecule has 4 nitrogen and oxygen atoms in total. The summed E-state index contributed by atoms with van der Waals surface area (Å²) in [6, 6.07) is 8.90. The molecule has 3 N–H and O–H groups in total. The predicted molar refractivity (Wildman–Crippen MR) is 76.0 cm³/mol. The number of benzene rings is 1. The van der Waals surface area contributed by atoms with Gasteiger partial charge >= 0.3 is 0 Å². The molecule has 104 valence electrons. The van der Waals surface area contributed by atoms with Gasteiger partial charge in [-0.15, -0.1) is 0 Å². The van der Waals surface area contributed by atoms with Gasteiger partial charge in [0.1, 0.15) is 0 Å². The SMILES string of the molecule is N#Cc1cccc(C(=O)NC23CCCC(N)(CC2)C3)c1. The van der Waals surface area contributed by atoms with E-state index in [9.17, 15) is 4.79 Å². The van der Waals surface area contributed by atoms with Gasteiger partial charge < -0.3 is 11.1 Å². The lowest BCUT2D eigenvalue weighted by atomic mass is 9.79. The first-order valence-electron chi connectivity index (χ1n) is 7.16. The van der Waals surface area contributed by atoms with Crippen LogP contribution in [0.4, 0.5) is 0 Å². The summed E-state index contributed by atoms with van der Waals surface area (Å²) in [7, 11) is 0. The number of fused-ring (bicyclic) bond motifs is 2. The summed E-state index contributed by atoms with van der Waals surface area (Å²) in [5.74, 6) is -0.0896. The lowest BCUT2D eigenvalue weighted by Crippen LogP contribution is -2.52. The quantitative estimate of drug-likeness (QED) is 0.862. The third kappa shape index (κ3) is 2.30. The summed E-state index contributed by atoms with van der Waals surface area (Å²) in [6.07, 6.45) is 5.99. The average Bonchev–Trinajstić information content (AvgIpc) is 2.68. The summed E-state index contributed by atoms with van der Waals surface area (Å²) < 4.78 is 0. The fourth-order valence-electron chi connectivity index (χ4n) is 3.76. The van der Waals surface area contributed by atoms with E-state index in [1.165, 1.54) is 0 Å². The van der Waals surface area contributed by atoms with Crippen molar-refractivity contribution in [2.45, 2.75) is 49.6 Å². The maximum absolute atomic E-state index is 12.4. The van der Waals surface area contributed by atoms with E-state index in [-0.39, 0.29) is 17.0 Å². The number of amides is 1. The van der Waals surface area contributed by atoms with Gasteiger partial charge in [0.05, 0.1) is 11.6 Å². The number of carbonyl (C=O) groups is 1. The molecular weight excluding hydrogens is 250 g/mol. The van der Waals surface area contributed by atoms with Gasteiger partial charge in [0.25, 0.3) is 5.91 Å². The Morgan fingerprint density at radius 1 is 1.30 bits per heavy atom. The molecule has 0 aromatic heterocycles. The summed E-state index contributed by atoms with van der Waals surface area (Å²) >= 11 is 0. The van der Waals surface area contributed by atoms with E-state index in [1.807, 2.05) is 0 Å². The second-order valence-electron chi connectivity index (χ2n) is 6.32. The summed E-state index contributed by atoms with van der Waals surface area (Å²) in [6.45, 7) is 0. The van der Waals surface area contributed by atoms with Crippen LogP contribution in [0.2, 0.25) is 0 Å². The first-order chi connectivity index (χ1) is 9.54. The maximum atomic E-state index is 12.4. The van der Waals surface area contributed by atoms with Gasteiger partial charge in [0.15, 0.2) is 0 Å². The van der Waals surface area contributed by atoms with Crippen LogP contribution in [-0.2, 0) is 0 Å². The first kappa shape index (κ1) is 13.1. The Hall–Kier alpha value is -1.86. The molecule has 1 amide bonds. The molecule has 20 heavy (non-hydrogen) atoms. The molecule has 0 aliphatic heterocycles. The van der Waals surface area contributed by atoms with Crippen molar-refractivity contribution < 1.29 is 4.79 Å². The second kappa shape index (κ2) is 4.60. The molecule has 0 heterocycles. The van der Waals surface area contributed by atoms with E-state index in [4.69, 9.17) is 11.0 Å². The van der Waals surface area contributed by atoms with Gasteiger partial charge in [0, 0.05) is 16.6 Å². The lowest BCUT2D eigenvalue weighted by Gasteiger charge is -2.38. The molecule has 1 aromatic carbocycles. The molecule has 3 rings (SSSR count). The lowest BCUT2D eigenvalue weighted by molar-refractivity contribution is 0.0876. The molecule has 0 radical (unpaired) electrons. The number of rotatable bonds is 2. The van der Waals surface area contributed by atoms with Crippen molar-refractivity contribution >= 4 is 5.91 Å². The third-order valence-electron chi connectivity index (χ3n) is 4.75. The zero-order valence-electron chi connectivity index (χ0n) is 11.5. The molecule has 2 saturated carbocycles. The number of hydrogen-bond acceptors (Lipinski definition) is 3. The van der Waals surface area contributed by atoms with Gasteiger partial charge in [-0.3, -0.25) is 4.79 Å². The number of carbonyl (C=O) groups excluding carboxylic acids is 1. The Morgan fingerprint density at radius 3 is 2.95 bits per heavy atom. The number of hydrogen-bond donors (Lipinski definition) is 2. The highest BCUT2D eigenvalue weighted by molar-refractivity contribution is 5.95. The van der Waals surface area contributed by atoms with Crippen LogP contribution in [0.15, 0.2) is 24.3 Å². The van der Waals surface area contributed by atoms with Crippen LogP contribution in [0.3, 0.4) is 0 Å². The van der Waals surface area contributed by atoms with E-state index in [0.717, 1.165) is 38.5 Å². The summed E-state index contributed by atoms with van der Waals surface area (Å²) in [4.78, 5) is 12.4. The minimum absolute atomic E-state index is 0.0833. The van der Waals surface area contributed by atoms with Crippen LogP contribution in [0, 0.1) is 11.3 Å². The van der Waals surface area contributed by atoms with Crippen LogP contribution < -0.4 is 11.1 Å². The third-order valence-corrected chi connectivity index (χ3v) is 4.75. The summed E-state index contributed by atoms with van der Waals surface area (Å²) in [5.41, 5.74) is 7.20. The highest BCUT2D eigenvalue weighted by Gasteiger charge is 2.49. The van der Waals surface area contributed by atoms with Crippen LogP contribution in [0.1, 0.15) is 54.4 Å². The Bertz CT molecular complexity index is 592.